The van der Waals surface area contributed by atoms with Gasteiger partial charge in [0.2, 0.25) is 0 Å². The number of benzene rings is 1. The summed E-state index contributed by atoms with van der Waals surface area (Å²) in [5, 5.41) is 3.26. The third-order valence-corrected chi connectivity index (χ3v) is 2.41. The summed E-state index contributed by atoms with van der Waals surface area (Å²) in [5.41, 5.74) is 0.776. The van der Waals surface area contributed by atoms with Crippen LogP contribution in [0.15, 0.2) is 34.9 Å². The number of ether oxygens (including phenoxy) is 1. The molecule has 0 unspecified atom stereocenters. The Labute approximate surface area is 111 Å². The van der Waals surface area contributed by atoms with Gasteiger partial charge in [0.05, 0.1) is 5.69 Å². The summed E-state index contributed by atoms with van der Waals surface area (Å²) in [5.74, 6) is 0.769. The van der Waals surface area contributed by atoms with Gasteiger partial charge in [-0.15, -0.1) is 0 Å². The van der Waals surface area contributed by atoms with Crippen molar-refractivity contribution in [3.8, 4) is 11.8 Å². The summed E-state index contributed by atoms with van der Waals surface area (Å²) in [6, 6.07) is 5.69. The average molecular weight is 264 g/mol. The molecule has 2 aromatic rings. The van der Waals surface area contributed by atoms with Gasteiger partial charge in [-0.25, -0.2) is 4.39 Å². The first-order chi connectivity index (χ1) is 9.13. The molecule has 0 aliphatic rings. The number of hydrogen-bond donors (Lipinski definition) is 1. The van der Waals surface area contributed by atoms with Crippen molar-refractivity contribution in [2.75, 3.05) is 6.54 Å². The minimum atomic E-state index is -0.307. The molecule has 102 valence electrons. The van der Waals surface area contributed by atoms with Gasteiger partial charge in [0.1, 0.15) is 17.8 Å². The SMILES string of the molecule is CC(C)CNCc1coc(Oc2ccc(F)cc2)n1. The zero-order chi connectivity index (χ0) is 13.7. The molecule has 0 radical (unpaired) electrons. The molecule has 1 heterocycles. The fraction of sp³-hybridized carbons (Fsp3) is 0.357. The molecule has 0 bridgehead atoms. The molecular weight excluding hydrogens is 247 g/mol. The highest BCUT2D eigenvalue weighted by atomic mass is 19.1. The van der Waals surface area contributed by atoms with Crippen molar-refractivity contribution in [3.05, 3.63) is 42.0 Å². The van der Waals surface area contributed by atoms with E-state index in [9.17, 15) is 4.39 Å². The van der Waals surface area contributed by atoms with E-state index in [1.165, 1.54) is 24.3 Å². The van der Waals surface area contributed by atoms with E-state index in [-0.39, 0.29) is 11.9 Å². The Balaban J connectivity index is 1.88. The molecule has 0 fully saturated rings. The molecule has 1 aromatic heterocycles. The van der Waals surface area contributed by atoms with E-state index in [1.54, 1.807) is 6.26 Å². The predicted octanol–water partition coefficient (Wildman–Crippen LogP) is 3.35. The molecular formula is C14H17FN2O2. The molecule has 0 atom stereocenters. The van der Waals surface area contributed by atoms with Crippen LogP contribution in [-0.4, -0.2) is 11.5 Å². The molecule has 5 heteroatoms. The van der Waals surface area contributed by atoms with Crippen molar-refractivity contribution in [2.45, 2.75) is 20.4 Å². The van der Waals surface area contributed by atoms with E-state index in [4.69, 9.17) is 9.15 Å². The fourth-order valence-corrected chi connectivity index (χ4v) is 1.51. The Morgan fingerprint density at radius 1 is 1.32 bits per heavy atom. The van der Waals surface area contributed by atoms with Gasteiger partial charge in [-0.3, -0.25) is 0 Å². The zero-order valence-corrected chi connectivity index (χ0v) is 11.0. The van der Waals surface area contributed by atoms with Gasteiger partial charge in [-0.1, -0.05) is 13.8 Å². The maximum absolute atomic E-state index is 12.7. The van der Waals surface area contributed by atoms with Gasteiger partial charge in [0.25, 0.3) is 0 Å². The lowest BCUT2D eigenvalue weighted by Gasteiger charge is -2.04. The van der Waals surface area contributed by atoms with Crippen LogP contribution in [0.1, 0.15) is 19.5 Å². The predicted molar refractivity (Wildman–Crippen MR) is 69.5 cm³/mol. The fourth-order valence-electron chi connectivity index (χ4n) is 1.51. The van der Waals surface area contributed by atoms with E-state index in [1.807, 2.05) is 0 Å². The lowest BCUT2D eigenvalue weighted by atomic mass is 10.2. The monoisotopic (exact) mass is 264 g/mol. The number of hydrogen-bond acceptors (Lipinski definition) is 4. The van der Waals surface area contributed by atoms with Crippen LogP contribution < -0.4 is 10.1 Å². The van der Waals surface area contributed by atoms with E-state index in [0.717, 1.165) is 12.2 Å². The highest BCUT2D eigenvalue weighted by Gasteiger charge is 2.06. The first-order valence-electron chi connectivity index (χ1n) is 6.22. The summed E-state index contributed by atoms with van der Waals surface area (Å²) in [6.45, 7) is 5.83. The molecule has 1 N–H and O–H groups in total. The van der Waals surface area contributed by atoms with E-state index in [2.05, 4.69) is 24.1 Å². The third-order valence-electron chi connectivity index (χ3n) is 2.41. The second-order valence-electron chi connectivity index (χ2n) is 4.69. The second-order valence-corrected chi connectivity index (χ2v) is 4.69. The average Bonchev–Trinajstić information content (AvgIpc) is 2.79. The van der Waals surface area contributed by atoms with Crippen LogP contribution in [0.2, 0.25) is 0 Å². The number of nitrogens with one attached hydrogen (secondary N) is 1. The molecule has 0 saturated heterocycles. The number of oxazole rings is 1. The maximum Gasteiger partial charge on any atom is 0.399 e. The van der Waals surface area contributed by atoms with Crippen LogP contribution in [-0.2, 0) is 6.54 Å². The highest BCUT2D eigenvalue weighted by molar-refractivity contribution is 5.24. The molecule has 2 rings (SSSR count). The molecule has 1 aromatic carbocycles. The normalized spacial score (nSPS) is 10.9. The van der Waals surface area contributed by atoms with Gasteiger partial charge in [-0.2, -0.15) is 4.98 Å². The number of aromatic nitrogens is 1. The van der Waals surface area contributed by atoms with E-state index >= 15 is 0 Å². The summed E-state index contributed by atoms with van der Waals surface area (Å²) < 4.78 is 23.3. The maximum atomic E-state index is 12.7. The van der Waals surface area contributed by atoms with Crippen LogP contribution in [0.5, 0.6) is 11.8 Å². The Hall–Kier alpha value is -1.88. The van der Waals surface area contributed by atoms with Gasteiger partial charge in [0, 0.05) is 6.54 Å². The Morgan fingerprint density at radius 3 is 2.74 bits per heavy atom. The highest BCUT2D eigenvalue weighted by Crippen LogP contribution is 2.20. The minimum Gasteiger partial charge on any atom is -0.417 e. The molecule has 4 nitrogen and oxygen atoms in total. The Bertz CT molecular complexity index is 508. The molecule has 0 spiro atoms. The summed E-state index contributed by atoms with van der Waals surface area (Å²) in [4.78, 5) is 4.18. The smallest absolute Gasteiger partial charge is 0.399 e. The first kappa shape index (κ1) is 13.5. The van der Waals surface area contributed by atoms with Crippen LogP contribution in [0.25, 0.3) is 0 Å². The van der Waals surface area contributed by atoms with Gasteiger partial charge in [0.15, 0.2) is 0 Å². The third kappa shape index (κ3) is 4.37. The zero-order valence-electron chi connectivity index (χ0n) is 11.0. The number of halogens is 1. The largest absolute Gasteiger partial charge is 0.417 e. The summed E-state index contributed by atoms with van der Waals surface area (Å²) in [7, 11) is 0. The van der Waals surface area contributed by atoms with Crippen LogP contribution in [0.4, 0.5) is 4.39 Å². The summed E-state index contributed by atoms with van der Waals surface area (Å²) >= 11 is 0. The van der Waals surface area contributed by atoms with Gasteiger partial charge in [-0.05, 0) is 36.7 Å². The van der Waals surface area contributed by atoms with Crippen LogP contribution in [0, 0.1) is 11.7 Å². The minimum absolute atomic E-state index is 0.160. The lowest BCUT2D eigenvalue weighted by molar-refractivity contribution is 0.330. The van der Waals surface area contributed by atoms with Crippen molar-refractivity contribution in [3.63, 3.8) is 0 Å². The van der Waals surface area contributed by atoms with Crippen molar-refractivity contribution < 1.29 is 13.5 Å². The van der Waals surface area contributed by atoms with Crippen LogP contribution in [0.3, 0.4) is 0 Å². The topological polar surface area (TPSA) is 47.3 Å². The number of rotatable bonds is 6. The van der Waals surface area contributed by atoms with Gasteiger partial charge < -0.3 is 14.5 Å². The Morgan fingerprint density at radius 2 is 2.05 bits per heavy atom. The van der Waals surface area contributed by atoms with Crippen molar-refractivity contribution in [2.24, 2.45) is 5.92 Å². The van der Waals surface area contributed by atoms with Gasteiger partial charge >= 0.3 is 6.08 Å². The van der Waals surface area contributed by atoms with Crippen LogP contribution >= 0.6 is 0 Å². The molecule has 0 aliphatic carbocycles. The molecule has 19 heavy (non-hydrogen) atoms. The van der Waals surface area contributed by atoms with Crippen molar-refractivity contribution in [1.82, 2.24) is 10.3 Å². The second kappa shape index (κ2) is 6.33. The van der Waals surface area contributed by atoms with Crippen molar-refractivity contribution in [1.29, 1.82) is 0 Å². The Kier molecular flexibility index (Phi) is 4.52. The lowest BCUT2D eigenvalue weighted by Crippen LogP contribution is -2.19. The number of nitrogens with zero attached hydrogens (tertiary/aromatic N) is 1. The molecule has 0 amide bonds. The molecule has 0 aliphatic heterocycles. The summed E-state index contributed by atoms with van der Waals surface area (Å²) in [6.07, 6.45) is 1.71. The standard InChI is InChI=1S/C14H17FN2O2/c1-10(2)7-16-8-12-9-18-14(17-12)19-13-5-3-11(15)4-6-13/h3-6,9-10,16H,7-8H2,1-2H3. The first-order valence-corrected chi connectivity index (χ1v) is 6.22. The quantitative estimate of drug-likeness (QED) is 0.869. The van der Waals surface area contributed by atoms with E-state index < -0.39 is 0 Å². The van der Waals surface area contributed by atoms with Crippen molar-refractivity contribution >= 4 is 0 Å². The van der Waals surface area contributed by atoms with E-state index in [0.29, 0.717) is 18.2 Å². The molecule has 0 saturated carbocycles.